The standard InChI is InChI=1S/C12H20BrN3O2/c1-12(2,3)14-6-4-5-7-16-8-9(13)10(17)15-11(16)18/h8,14H,4-7H2,1-3H3,(H,15,17,18). The molecule has 0 unspecified atom stereocenters. The predicted octanol–water partition coefficient (Wildman–Crippen LogP) is 1.47. The van der Waals surface area contributed by atoms with E-state index >= 15 is 0 Å². The molecule has 2 N–H and O–H groups in total. The van der Waals surface area contributed by atoms with Gasteiger partial charge in [-0.05, 0) is 56.1 Å². The Morgan fingerprint density at radius 3 is 2.61 bits per heavy atom. The van der Waals surface area contributed by atoms with Crippen LogP contribution in [0.4, 0.5) is 0 Å². The maximum atomic E-state index is 11.5. The van der Waals surface area contributed by atoms with Crippen LogP contribution >= 0.6 is 15.9 Å². The Morgan fingerprint density at radius 2 is 2.00 bits per heavy atom. The van der Waals surface area contributed by atoms with Crippen LogP contribution in [0.25, 0.3) is 0 Å². The van der Waals surface area contributed by atoms with Crippen molar-refractivity contribution in [1.29, 1.82) is 0 Å². The molecule has 0 fully saturated rings. The molecule has 1 heterocycles. The van der Waals surface area contributed by atoms with E-state index in [1.54, 1.807) is 6.20 Å². The van der Waals surface area contributed by atoms with Crippen LogP contribution < -0.4 is 16.6 Å². The third-order valence-corrected chi connectivity index (χ3v) is 3.01. The van der Waals surface area contributed by atoms with Gasteiger partial charge in [-0.3, -0.25) is 14.3 Å². The molecule has 102 valence electrons. The van der Waals surface area contributed by atoms with Gasteiger partial charge >= 0.3 is 5.69 Å². The molecule has 1 rings (SSSR count). The van der Waals surface area contributed by atoms with Gasteiger partial charge < -0.3 is 5.32 Å². The molecule has 0 spiro atoms. The Labute approximate surface area is 115 Å². The van der Waals surface area contributed by atoms with Crippen LogP contribution in [0.15, 0.2) is 20.3 Å². The Bertz CT molecular complexity index is 499. The summed E-state index contributed by atoms with van der Waals surface area (Å²) < 4.78 is 1.90. The molecule has 1 aromatic rings. The molecule has 1 aromatic heterocycles. The maximum absolute atomic E-state index is 11.5. The van der Waals surface area contributed by atoms with E-state index in [0.717, 1.165) is 19.4 Å². The van der Waals surface area contributed by atoms with E-state index in [-0.39, 0.29) is 16.8 Å². The molecule has 0 saturated carbocycles. The molecular formula is C12H20BrN3O2. The van der Waals surface area contributed by atoms with E-state index in [1.165, 1.54) is 4.57 Å². The van der Waals surface area contributed by atoms with Crippen molar-refractivity contribution in [2.45, 2.75) is 45.7 Å². The smallest absolute Gasteiger partial charge is 0.312 e. The van der Waals surface area contributed by atoms with Crippen LogP contribution in [-0.4, -0.2) is 21.6 Å². The van der Waals surface area contributed by atoms with Crippen LogP contribution in [0.2, 0.25) is 0 Å². The fraction of sp³-hybridized carbons (Fsp3) is 0.667. The molecule has 6 heteroatoms. The second-order valence-electron chi connectivity index (χ2n) is 5.31. The average molecular weight is 318 g/mol. The topological polar surface area (TPSA) is 66.9 Å². The average Bonchev–Trinajstić information content (AvgIpc) is 2.23. The summed E-state index contributed by atoms with van der Waals surface area (Å²) in [6.07, 6.45) is 3.42. The van der Waals surface area contributed by atoms with E-state index in [4.69, 9.17) is 0 Å². The summed E-state index contributed by atoms with van der Waals surface area (Å²) in [5, 5.41) is 3.39. The van der Waals surface area contributed by atoms with Crippen molar-refractivity contribution >= 4 is 15.9 Å². The lowest BCUT2D eigenvalue weighted by Gasteiger charge is -2.20. The van der Waals surface area contributed by atoms with Crippen LogP contribution in [0.3, 0.4) is 0 Å². The number of rotatable bonds is 5. The van der Waals surface area contributed by atoms with Crippen LogP contribution in [0.5, 0.6) is 0 Å². The van der Waals surface area contributed by atoms with E-state index < -0.39 is 0 Å². The lowest BCUT2D eigenvalue weighted by molar-refractivity contribution is 0.413. The van der Waals surface area contributed by atoms with Crippen molar-refractivity contribution in [2.75, 3.05) is 6.54 Å². The molecule has 5 nitrogen and oxygen atoms in total. The number of nitrogens with one attached hydrogen (secondary N) is 2. The van der Waals surface area contributed by atoms with Crippen molar-refractivity contribution in [3.63, 3.8) is 0 Å². The molecule has 0 radical (unpaired) electrons. The van der Waals surface area contributed by atoms with Gasteiger partial charge in [0.05, 0.1) is 4.47 Å². The molecule has 0 aliphatic carbocycles. The van der Waals surface area contributed by atoms with Gasteiger partial charge in [-0.1, -0.05) is 0 Å². The first kappa shape index (κ1) is 15.2. The number of nitrogens with zero attached hydrogens (tertiary/aromatic N) is 1. The normalized spacial score (nSPS) is 11.8. The lowest BCUT2D eigenvalue weighted by Crippen LogP contribution is -2.36. The molecule has 0 amide bonds. The minimum Gasteiger partial charge on any atom is -0.312 e. The summed E-state index contributed by atoms with van der Waals surface area (Å²) in [5.74, 6) is 0. The second-order valence-corrected chi connectivity index (χ2v) is 6.17. The highest BCUT2D eigenvalue weighted by Crippen LogP contribution is 2.01. The van der Waals surface area contributed by atoms with E-state index in [9.17, 15) is 9.59 Å². The molecule has 0 aliphatic rings. The van der Waals surface area contributed by atoms with Gasteiger partial charge in [0, 0.05) is 18.3 Å². The van der Waals surface area contributed by atoms with Gasteiger partial charge in [0.2, 0.25) is 0 Å². The Kier molecular flexibility index (Phi) is 5.34. The van der Waals surface area contributed by atoms with Crippen LogP contribution in [-0.2, 0) is 6.54 Å². The maximum Gasteiger partial charge on any atom is 0.328 e. The van der Waals surface area contributed by atoms with Crippen LogP contribution in [0.1, 0.15) is 33.6 Å². The zero-order valence-corrected chi connectivity index (χ0v) is 12.6. The number of aryl methyl sites for hydroxylation is 1. The van der Waals surface area contributed by atoms with Crippen molar-refractivity contribution in [3.05, 3.63) is 31.5 Å². The minimum atomic E-state index is -0.384. The number of halogens is 1. The Hall–Kier alpha value is -0.880. The Morgan fingerprint density at radius 1 is 1.33 bits per heavy atom. The number of unbranched alkanes of at least 4 members (excludes halogenated alkanes) is 1. The Balaban J connectivity index is 2.43. The van der Waals surface area contributed by atoms with Gasteiger partial charge in [0.15, 0.2) is 0 Å². The van der Waals surface area contributed by atoms with Gasteiger partial charge in [0.25, 0.3) is 5.56 Å². The van der Waals surface area contributed by atoms with Crippen molar-refractivity contribution in [1.82, 2.24) is 14.9 Å². The number of aromatic nitrogens is 2. The summed E-state index contributed by atoms with van der Waals surface area (Å²) >= 11 is 3.11. The molecule has 0 aromatic carbocycles. The minimum absolute atomic E-state index is 0.123. The van der Waals surface area contributed by atoms with Gasteiger partial charge in [-0.2, -0.15) is 0 Å². The zero-order chi connectivity index (χ0) is 13.8. The highest BCUT2D eigenvalue weighted by atomic mass is 79.9. The van der Waals surface area contributed by atoms with E-state index in [0.29, 0.717) is 11.0 Å². The molecular weight excluding hydrogens is 298 g/mol. The second kappa shape index (κ2) is 6.33. The van der Waals surface area contributed by atoms with Gasteiger partial charge in [-0.25, -0.2) is 4.79 Å². The number of hydrogen-bond donors (Lipinski definition) is 2. The van der Waals surface area contributed by atoms with Gasteiger partial charge in [-0.15, -0.1) is 0 Å². The fourth-order valence-electron chi connectivity index (χ4n) is 1.52. The third kappa shape index (κ3) is 5.18. The van der Waals surface area contributed by atoms with E-state index in [1.807, 2.05) is 0 Å². The molecule has 18 heavy (non-hydrogen) atoms. The SMILES string of the molecule is CC(C)(C)NCCCCn1cc(Br)c(=O)[nH]c1=O. The van der Waals surface area contributed by atoms with E-state index in [2.05, 4.69) is 47.0 Å². The summed E-state index contributed by atoms with van der Waals surface area (Å²) in [6, 6.07) is 0. The van der Waals surface area contributed by atoms with Crippen LogP contribution in [0, 0.1) is 0 Å². The van der Waals surface area contributed by atoms with Crippen molar-refractivity contribution in [3.8, 4) is 0 Å². The quantitative estimate of drug-likeness (QED) is 0.808. The van der Waals surface area contributed by atoms with Gasteiger partial charge in [0.1, 0.15) is 0 Å². The molecule has 0 atom stereocenters. The largest absolute Gasteiger partial charge is 0.328 e. The molecule has 0 saturated heterocycles. The summed E-state index contributed by atoms with van der Waals surface area (Å²) in [7, 11) is 0. The first-order chi connectivity index (χ1) is 8.29. The fourth-order valence-corrected chi connectivity index (χ4v) is 1.87. The summed E-state index contributed by atoms with van der Waals surface area (Å²) in [6.45, 7) is 7.90. The highest BCUT2D eigenvalue weighted by Gasteiger charge is 2.07. The highest BCUT2D eigenvalue weighted by molar-refractivity contribution is 9.10. The third-order valence-electron chi connectivity index (χ3n) is 2.45. The first-order valence-corrected chi connectivity index (χ1v) is 6.83. The monoisotopic (exact) mass is 317 g/mol. The number of hydrogen-bond acceptors (Lipinski definition) is 3. The van der Waals surface area contributed by atoms with Crippen molar-refractivity contribution in [2.24, 2.45) is 0 Å². The lowest BCUT2D eigenvalue weighted by atomic mass is 10.1. The predicted molar refractivity (Wildman–Crippen MR) is 76.0 cm³/mol. The number of H-pyrrole nitrogens is 1. The summed E-state index contributed by atoms with van der Waals surface area (Å²) in [5.41, 5.74) is -0.615. The molecule has 0 aliphatic heterocycles. The summed E-state index contributed by atoms with van der Waals surface area (Å²) in [4.78, 5) is 24.9. The molecule has 0 bridgehead atoms. The van der Waals surface area contributed by atoms with Crippen molar-refractivity contribution < 1.29 is 0 Å². The number of aromatic amines is 1. The first-order valence-electron chi connectivity index (χ1n) is 6.04. The zero-order valence-electron chi connectivity index (χ0n) is 11.0.